The molecule has 3 aromatic heterocycles. The second-order valence-corrected chi connectivity index (χ2v) is 6.65. The minimum absolute atomic E-state index is 0.262. The Morgan fingerprint density at radius 3 is 3.04 bits per heavy atom. The van der Waals surface area contributed by atoms with Crippen molar-refractivity contribution in [2.75, 3.05) is 5.32 Å². The van der Waals surface area contributed by atoms with Crippen LogP contribution in [0, 0.1) is 6.92 Å². The molecule has 1 fully saturated rings. The Labute approximate surface area is 154 Å². The Morgan fingerprint density at radius 2 is 2.19 bits per heavy atom. The molecule has 1 aliphatic carbocycles. The minimum atomic E-state index is -0.262. The van der Waals surface area contributed by atoms with Gasteiger partial charge in [0, 0.05) is 29.6 Å². The second kappa shape index (κ2) is 6.01. The number of amides is 1. The van der Waals surface area contributed by atoms with Crippen molar-refractivity contribution < 1.29 is 9.32 Å². The summed E-state index contributed by atoms with van der Waals surface area (Å²) >= 11 is 0. The summed E-state index contributed by atoms with van der Waals surface area (Å²) in [4.78, 5) is 25.5. The molecule has 1 amide bonds. The summed E-state index contributed by atoms with van der Waals surface area (Å²) in [6.45, 7) is 1.93. The summed E-state index contributed by atoms with van der Waals surface area (Å²) in [6, 6.07) is 7.46. The average Bonchev–Trinajstić information content (AvgIpc) is 3.25. The molecule has 27 heavy (non-hydrogen) atoms. The topological polar surface area (TPSA) is 98.2 Å². The lowest BCUT2D eigenvalue weighted by atomic mass is 10.1. The number of aryl methyl sites for hydroxylation is 1. The van der Waals surface area contributed by atoms with Crippen LogP contribution >= 0.6 is 0 Å². The zero-order chi connectivity index (χ0) is 18.4. The predicted octanol–water partition coefficient (Wildman–Crippen LogP) is 3.22. The van der Waals surface area contributed by atoms with Gasteiger partial charge in [-0.2, -0.15) is 4.98 Å². The fourth-order valence-electron chi connectivity index (χ4n) is 2.93. The lowest BCUT2D eigenvalue weighted by Crippen LogP contribution is -2.15. The normalized spacial score (nSPS) is 13.8. The molecule has 0 unspecified atom stereocenters. The van der Waals surface area contributed by atoms with Crippen molar-refractivity contribution in [1.29, 1.82) is 0 Å². The van der Waals surface area contributed by atoms with E-state index < -0.39 is 0 Å². The highest BCUT2D eigenvalue weighted by atomic mass is 16.5. The molecule has 4 aromatic rings. The van der Waals surface area contributed by atoms with Gasteiger partial charge in [0.15, 0.2) is 0 Å². The van der Waals surface area contributed by atoms with Gasteiger partial charge in [-0.15, -0.1) is 0 Å². The molecule has 0 radical (unpaired) electrons. The molecule has 1 N–H and O–H groups in total. The van der Waals surface area contributed by atoms with Crippen LogP contribution in [-0.4, -0.2) is 30.4 Å². The number of imidazole rings is 1. The molecule has 3 heterocycles. The molecule has 0 spiro atoms. The molecule has 1 saturated carbocycles. The number of anilines is 1. The number of nitrogens with zero attached hydrogens (tertiary/aromatic N) is 5. The molecule has 0 saturated heterocycles. The molecular formula is C19H16N6O2. The maximum absolute atomic E-state index is 12.7. The largest absolute Gasteiger partial charge is 0.339 e. The molecule has 0 aliphatic heterocycles. The number of benzene rings is 1. The lowest BCUT2D eigenvalue weighted by molar-refractivity contribution is 0.102. The van der Waals surface area contributed by atoms with Gasteiger partial charge in [-0.05, 0) is 37.5 Å². The van der Waals surface area contributed by atoms with Crippen molar-refractivity contribution in [1.82, 2.24) is 24.5 Å². The van der Waals surface area contributed by atoms with Crippen molar-refractivity contribution in [3.8, 4) is 11.4 Å². The third-order valence-electron chi connectivity index (χ3n) is 4.63. The van der Waals surface area contributed by atoms with E-state index in [0.29, 0.717) is 34.8 Å². The molecule has 134 valence electrons. The zero-order valence-corrected chi connectivity index (χ0v) is 14.6. The maximum Gasteiger partial charge on any atom is 0.274 e. The Hall–Kier alpha value is -3.55. The van der Waals surface area contributed by atoms with Gasteiger partial charge in [-0.25, -0.2) is 9.97 Å². The standard InChI is InChI=1S/C19H16N6O2/c1-11-3-4-13(16-23-18(27-24-16)12-5-6-12)9-14(11)22-17(26)15-10-21-19-20-7-2-8-25(15)19/h2-4,7-10,12H,5-6H2,1H3,(H,22,26). The van der Waals surface area contributed by atoms with Crippen molar-refractivity contribution in [2.24, 2.45) is 0 Å². The highest BCUT2D eigenvalue weighted by Crippen LogP contribution is 2.39. The molecule has 1 aromatic carbocycles. The fraction of sp³-hybridized carbons (Fsp3) is 0.211. The van der Waals surface area contributed by atoms with E-state index in [1.54, 1.807) is 22.9 Å². The Balaban J connectivity index is 1.44. The minimum Gasteiger partial charge on any atom is -0.339 e. The van der Waals surface area contributed by atoms with E-state index in [4.69, 9.17) is 4.52 Å². The van der Waals surface area contributed by atoms with E-state index in [1.807, 2.05) is 25.1 Å². The summed E-state index contributed by atoms with van der Waals surface area (Å²) in [5, 5.41) is 7.01. The van der Waals surface area contributed by atoms with Crippen LogP contribution in [0.3, 0.4) is 0 Å². The number of carbonyl (C=O) groups is 1. The van der Waals surface area contributed by atoms with Gasteiger partial charge in [-0.3, -0.25) is 9.20 Å². The van der Waals surface area contributed by atoms with Gasteiger partial charge in [0.25, 0.3) is 5.91 Å². The van der Waals surface area contributed by atoms with Gasteiger partial charge >= 0.3 is 0 Å². The second-order valence-electron chi connectivity index (χ2n) is 6.65. The molecular weight excluding hydrogens is 344 g/mol. The van der Waals surface area contributed by atoms with Crippen LogP contribution < -0.4 is 5.32 Å². The monoisotopic (exact) mass is 360 g/mol. The lowest BCUT2D eigenvalue weighted by Gasteiger charge is -2.09. The SMILES string of the molecule is Cc1ccc(-c2noc(C3CC3)n2)cc1NC(=O)c1cnc2ncccn12. The fourth-order valence-corrected chi connectivity index (χ4v) is 2.93. The molecule has 1 aliphatic rings. The van der Waals surface area contributed by atoms with Crippen LogP contribution in [0.15, 0.2) is 47.4 Å². The Kier molecular flexibility index (Phi) is 3.49. The van der Waals surface area contributed by atoms with E-state index >= 15 is 0 Å². The first-order valence-corrected chi connectivity index (χ1v) is 8.73. The number of carbonyl (C=O) groups excluding carboxylic acids is 1. The van der Waals surface area contributed by atoms with Gasteiger partial charge in [0.1, 0.15) is 5.69 Å². The number of fused-ring (bicyclic) bond motifs is 1. The van der Waals surface area contributed by atoms with Crippen molar-refractivity contribution in [3.05, 3.63) is 60.0 Å². The smallest absolute Gasteiger partial charge is 0.274 e. The summed E-state index contributed by atoms with van der Waals surface area (Å²) in [6.07, 6.45) is 7.11. The molecule has 0 atom stereocenters. The van der Waals surface area contributed by atoms with E-state index in [0.717, 1.165) is 24.0 Å². The average molecular weight is 360 g/mol. The zero-order valence-electron chi connectivity index (χ0n) is 14.6. The van der Waals surface area contributed by atoms with Gasteiger partial charge in [0.2, 0.25) is 17.5 Å². The van der Waals surface area contributed by atoms with Crippen molar-refractivity contribution in [2.45, 2.75) is 25.7 Å². The maximum atomic E-state index is 12.7. The Morgan fingerprint density at radius 1 is 1.30 bits per heavy atom. The summed E-state index contributed by atoms with van der Waals surface area (Å²) in [5.41, 5.74) is 2.84. The highest BCUT2D eigenvalue weighted by Gasteiger charge is 2.29. The van der Waals surface area contributed by atoms with Gasteiger partial charge in [-0.1, -0.05) is 17.3 Å². The van der Waals surface area contributed by atoms with Gasteiger partial charge < -0.3 is 9.84 Å². The van der Waals surface area contributed by atoms with E-state index in [9.17, 15) is 4.79 Å². The quantitative estimate of drug-likeness (QED) is 0.600. The predicted molar refractivity (Wildman–Crippen MR) is 97.4 cm³/mol. The first-order chi connectivity index (χ1) is 13.2. The van der Waals surface area contributed by atoms with Crippen LogP contribution in [0.4, 0.5) is 5.69 Å². The molecule has 0 bridgehead atoms. The van der Waals surface area contributed by atoms with Crippen LogP contribution in [0.25, 0.3) is 17.2 Å². The van der Waals surface area contributed by atoms with E-state index in [2.05, 4.69) is 25.4 Å². The van der Waals surface area contributed by atoms with Crippen molar-refractivity contribution in [3.63, 3.8) is 0 Å². The first kappa shape index (κ1) is 15.7. The molecule has 5 rings (SSSR count). The summed E-state index contributed by atoms with van der Waals surface area (Å²) in [5.74, 6) is 1.84. The number of hydrogen-bond donors (Lipinski definition) is 1. The van der Waals surface area contributed by atoms with E-state index in [-0.39, 0.29) is 5.91 Å². The summed E-state index contributed by atoms with van der Waals surface area (Å²) < 4.78 is 6.98. The molecule has 8 nitrogen and oxygen atoms in total. The number of aromatic nitrogens is 5. The number of rotatable bonds is 4. The van der Waals surface area contributed by atoms with Gasteiger partial charge in [0.05, 0.1) is 6.20 Å². The molecule has 8 heteroatoms. The first-order valence-electron chi connectivity index (χ1n) is 8.73. The van der Waals surface area contributed by atoms with Crippen LogP contribution in [-0.2, 0) is 0 Å². The third-order valence-corrected chi connectivity index (χ3v) is 4.63. The highest BCUT2D eigenvalue weighted by molar-refractivity contribution is 6.04. The van der Waals surface area contributed by atoms with Crippen LogP contribution in [0.2, 0.25) is 0 Å². The third kappa shape index (κ3) is 2.84. The van der Waals surface area contributed by atoms with E-state index in [1.165, 1.54) is 6.20 Å². The van der Waals surface area contributed by atoms with Crippen LogP contribution in [0.1, 0.15) is 40.7 Å². The number of hydrogen-bond acceptors (Lipinski definition) is 6. The summed E-state index contributed by atoms with van der Waals surface area (Å²) in [7, 11) is 0. The van der Waals surface area contributed by atoms with Crippen molar-refractivity contribution >= 4 is 17.4 Å². The Bertz CT molecular complexity index is 1160. The van der Waals surface area contributed by atoms with Crippen LogP contribution in [0.5, 0.6) is 0 Å². The number of nitrogens with one attached hydrogen (secondary N) is 1.